The van der Waals surface area contributed by atoms with Crippen molar-refractivity contribution in [1.82, 2.24) is 9.88 Å². The molecule has 102 valence electrons. The number of rotatable bonds is 4. The molecule has 19 heavy (non-hydrogen) atoms. The van der Waals surface area contributed by atoms with Crippen molar-refractivity contribution in [3.63, 3.8) is 0 Å². The van der Waals surface area contributed by atoms with Crippen molar-refractivity contribution in [1.29, 1.82) is 0 Å². The van der Waals surface area contributed by atoms with E-state index in [2.05, 4.69) is 10.3 Å². The summed E-state index contributed by atoms with van der Waals surface area (Å²) in [7, 11) is 0. The summed E-state index contributed by atoms with van der Waals surface area (Å²) >= 11 is 0. The van der Waals surface area contributed by atoms with Crippen LogP contribution in [0, 0.1) is 10.1 Å². The number of carbonyl (C=O) groups excluding carboxylic acids is 1. The highest BCUT2D eigenvalue weighted by Gasteiger charge is 2.25. The van der Waals surface area contributed by atoms with Crippen molar-refractivity contribution in [3.05, 3.63) is 28.6 Å². The van der Waals surface area contributed by atoms with Crippen molar-refractivity contribution < 1.29 is 9.72 Å². The molecule has 1 atom stereocenters. The lowest BCUT2D eigenvalue weighted by Gasteiger charge is -2.21. The topological polar surface area (TPSA) is 88.4 Å². The van der Waals surface area contributed by atoms with E-state index in [0.29, 0.717) is 5.69 Å². The molecule has 1 aromatic rings. The molecule has 2 rings (SSSR count). The highest BCUT2D eigenvalue weighted by molar-refractivity contribution is 5.85. The van der Waals surface area contributed by atoms with Crippen LogP contribution >= 0.6 is 0 Å². The highest BCUT2D eigenvalue weighted by atomic mass is 16.6. The van der Waals surface area contributed by atoms with E-state index in [1.165, 1.54) is 18.5 Å². The standard InChI is InChI=1S/C12H16N4O3/c1-9(12(17)15-6-2-3-7-15)14-10-4-5-13-8-11(10)16(18)19/h4-5,8-9H,2-3,6-7H2,1H3,(H,13,14). The summed E-state index contributed by atoms with van der Waals surface area (Å²) in [5.74, 6) is -0.0244. The average molecular weight is 264 g/mol. The van der Waals surface area contributed by atoms with Crippen LogP contribution in [0.1, 0.15) is 19.8 Å². The summed E-state index contributed by atoms with van der Waals surface area (Å²) < 4.78 is 0. The largest absolute Gasteiger partial charge is 0.368 e. The van der Waals surface area contributed by atoms with E-state index in [1.807, 2.05) is 0 Å². The van der Waals surface area contributed by atoms with E-state index >= 15 is 0 Å². The maximum atomic E-state index is 12.1. The van der Waals surface area contributed by atoms with Crippen LogP contribution in [0.5, 0.6) is 0 Å². The number of pyridine rings is 1. The lowest BCUT2D eigenvalue weighted by molar-refractivity contribution is -0.384. The third-order valence-corrected chi connectivity index (χ3v) is 3.16. The molecule has 1 saturated heterocycles. The van der Waals surface area contributed by atoms with Crippen molar-refractivity contribution in [2.24, 2.45) is 0 Å². The van der Waals surface area contributed by atoms with Gasteiger partial charge in [0.1, 0.15) is 17.9 Å². The second kappa shape index (κ2) is 5.64. The number of anilines is 1. The number of amides is 1. The summed E-state index contributed by atoms with van der Waals surface area (Å²) in [5, 5.41) is 13.8. The average Bonchev–Trinajstić information content (AvgIpc) is 2.92. The lowest BCUT2D eigenvalue weighted by Crippen LogP contribution is -2.39. The number of nitrogens with one attached hydrogen (secondary N) is 1. The van der Waals surface area contributed by atoms with E-state index in [1.54, 1.807) is 11.8 Å². The second-order valence-electron chi connectivity index (χ2n) is 4.55. The van der Waals surface area contributed by atoms with Gasteiger partial charge < -0.3 is 10.2 Å². The van der Waals surface area contributed by atoms with Gasteiger partial charge in [0.05, 0.1) is 4.92 Å². The van der Waals surface area contributed by atoms with Crippen LogP contribution in [0.15, 0.2) is 18.5 Å². The third kappa shape index (κ3) is 2.98. The smallest absolute Gasteiger partial charge is 0.310 e. The van der Waals surface area contributed by atoms with Crippen LogP contribution in [0.4, 0.5) is 11.4 Å². The van der Waals surface area contributed by atoms with Gasteiger partial charge in [0.15, 0.2) is 0 Å². The van der Waals surface area contributed by atoms with Crippen LogP contribution in [0.2, 0.25) is 0 Å². The van der Waals surface area contributed by atoms with Crippen LogP contribution < -0.4 is 5.32 Å². The minimum Gasteiger partial charge on any atom is -0.368 e. The zero-order valence-corrected chi connectivity index (χ0v) is 10.7. The van der Waals surface area contributed by atoms with Gasteiger partial charge >= 0.3 is 5.69 Å². The Kier molecular flexibility index (Phi) is 3.94. The Morgan fingerprint density at radius 3 is 2.84 bits per heavy atom. The fourth-order valence-electron chi connectivity index (χ4n) is 2.16. The number of nitro groups is 1. The minimum absolute atomic E-state index is 0.0244. The highest BCUT2D eigenvalue weighted by Crippen LogP contribution is 2.23. The number of aromatic nitrogens is 1. The zero-order chi connectivity index (χ0) is 13.8. The molecule has 0 spiro atoms. The fourth-order valence-corrected chi connectivity index (χ4v) is 2.16. The molecule has 2 heterocycles. The molecule has 0 bridgehead atoms. The summed E-state index contributed by atoms with van der Waals surface area (Å²) in [6.45, 7) is 3.25. The Hall–Kier alpha value is -2.18. The number of hydrogen-bond acceptors (Lipinski definition) is 5. The van der Waals surface area contributed by atoms with Gasteiger partial charge in [0, 0.05) is 19.3 Å². The quantitative estimate of drug-likeness (QED) is 0.656. The van der Waals surface area contributed by atoms with Gasteiger partial charge in [-0.2, -0.15) is 0 Å². The van der Waals surface area contributed by atoms with Gasteiger partial charge in [0.25, 0.3) is 0 Å². The first kappa shape index (κ1) is 13.3. The van der Waals surface area contributed by atoms with Crippen LogP contribution in [0.25, 0.3) is 0 Å². The second-order valence-corrected chi connectivity index (χ2v) is 4.55. The molecule has 1 amide bonds. The first-order valence-electron chi connectivity index (χ1n) is 6.23. The number of carbonyl (C=O) groups is 1. The fraction of sp³-hybridized carbons (Fsp3) is 0.500. The van der Waals surface area contributed by atoms with Gasteiger partial charge in [-0.3, -0.25) is 19.9 Å². The molecule has 0 aliphatic carbocycles. The van der Waals surface area contributed by atoms with Gasteiger partial charge in [-0.15, -0.1) is 0 Å². The van der Waals surface area contributed by atoms with Gasteiger partial charge in [-0.05, 0) is 25.8 Å². The Bertz CT molecular complexity index is 486. The summed E-state index contributed by atoms with van der Waals surface area (Å²) in [5.41, 5.74) is 0.198. The Morgan fingerprint density at radius 2 is 2.21 bits per heavy atom. The Balaban J connectivity index is 2.08. The van der Waals surface area contributed by atoms with Crippen molar-refractivity contribution in [3.8, 4) is 0 Å². The molecule has 1 N–H and O–H groups in total. The van der Waals surface area contributed by atoms with Gasteiger partial charge in [-0.1, -0.05) is 0 Å². The molecule has 0 radical (unpaired) electrons. The molecule has 7 heteroatoms. The molecule has 7 nitrogen and oxygen atoms in total. The first-order valence-corrected chi connectivity index (χ1v) is 6.23. The SMILES string of the molecule is CC(Nc1ccncc1[N+](=O)[O-])C(=O)N1CCCC1. The van der Waals surface area contributed by atoms with Crippen LogP contribution in [-0.4, -0.2) is 39.8 Å². The van der Waals surface area contributed by atoms with Crippen molar-refractivity contribution in [2.45, 2.75) is 25.8 Å². The predicted octanol–water partition coefficient (Wildman–Crippen LogP) is 1.41. The molecule has 1 aliphatic heterocycles. The molecule has 0 saturated carbocycles. The maximum absolute atomic E-state index is 12.1. The monoisotopic (exact) mass is 264 g/mol. The molecule has 1 aromatic heterocycles. The lowest BCUT2D eigenvalue weighted by atomic mass is 10.2. The predicted molar refractivity (Wildman–Crippen MR) is 69.8 cm³/mol. The molecule has 0 aromatic carbocycles. The Labute approximate surface area is 110 Å². The third-order valence-electron chi connectivity index (χ3n) is 3.16. The number of nitrogens with zero attached hydrogens (tertiary/aromatic N) is 3. The van der Waals surface area contributed by atoms with E-state index < -0.39 is 11.0 Å². The first-order chi connectivity index (χ1) is 9.09. The molecule has 1 unspecified atom stereocenters. The minimum atomic E-state index is -0.512. The van der Waals surface area contributed by atoms with E-state index in [-0.39, 0.29) is 11.6 Å². The van der Waals surface area contributed by atoms with Crippen molar-refractivity contribution >= 4 is 17.3 Å². The van der Waals surface area contributed by atoms with Crippen LogP contribution in [-0.2, 0) is 4.79 Å². The van der Waals surface area contributed by atoms with E-state index in [9.17, 15) is 14.9 Å². The van der Waals surface area contributed by atoms with Gasteiger partial charge in [0.2, 0.25) is 5.91 Å². The summed E-state index contributed by atoms with van der Waals surface area (Å²) in [4.78, 5) is 28.0. The van der Waals surface area contributed by atoms with Gasteiger partial charge in [-0.25, -0.2) is 0 Å². The zero-order valence-electron chi connectivity index (χ0n) is 10.7. The van der Waals surface area contributed by atoms with Crippen LogP contribution in [0.3, 0.4) is 0 Å². The number of hydrogen-bond donors (Lipinski definition) is 1. The Morgan fingerprint density at radius 1 is 1.53 bits per heavy atom. The normalized spacial score (nSPS) is 16.2. The van der Waals surface area contributed by atoms with E-state index in [0.717, 1.165) is 25.9 Å². The summed E-state index contributed by atoms with van der Waals surface area (Å²) in [6.07, 6.45) is 4.68. The maximum Gasteiger partial charge on any atom is 0.310 e. The molecule has 1 fully saturated rings. The molecule has 1 aliphatic rings. The summed E-state index contributed by atoms with van der Waals surface area (Å²) in [6, 6.07) is 1.02. The number of likely N-dealkylation sites (tertiary alicyclic amines) is 1. The van der Waals surface area contributed by atoms with E-state index in [4.69, 9.17) is 0 Å². The van der Waals surface area contributed by atoms with Crippen molar-refractivity contribution in [2.75, 3.05) is 18.4 Å². The molecular formula is C12H16N4O3. The molecular weight excluding hydrogens is 248 g/mol.